The zero-order chi connectivity index (χ0) is 84.2. The van der Waals surface area contributed by atoms with E-state index in [1.54, 1.807) is 78.9 Å². The molecular weight excluding hydrogens is 1720 g/mol. The average Bonchev–Trinajstić information content (AvgIpc) is 1.54. The number of hydrogen-bond acceptors (Lipinski definition) is 12. The Balaban J connectivity index is 0.000000159. The summed E-state index contributed by atoms with van der Waals surface area (Å²) in [5.41, 5.74) is 0.329. The van der Waals surface area contributed by atoms with Crippen LogP contribution in [0.5, 0.6) is 0 Å². The number of fused-ring (bicyclic) bond motifs is 6. The molecule has 0 bridgehead atoms. The van der Waals surface area contributed by atoms with E-state index >= 15 is 13.2 Å². The summed E-state index contributed by atoms with van der Waals surface area (Å²) in [6.45, 7) is 18.8. The minimum atomic E-state index is -1.25. The number of alkyl halides is 1. The van der Waals surface area contributed by atoms with Gasteiger partial charge in [0, 0.05) is 107 Å². The molecule has 8 N–H and O–H groups in total. The van der Waals surface area contributed by atoms with E-state index < -0.39 is 87.7 Å². The Morgan fingerprint density at radius 1 is 0.440 bits per heavy atom. The second-order valence-corrected chi connectivity index (χ2v) is 39.3. The van der Waals surface area contributed by atoms with Gasteiger partial charge in [0.1, 0.15) is 39.5 Å². The molecule has 13 unspecified atom stereocenters. The third kappa shape index (κ3) is 17.8. The fourth-order valence-electron chi connectivity index (χ4n) is 20.5. The lowest BCUT2D eigenvalue weighted by Crippen LogP contribution is -2.49. The van der Waals surface area contributed by atoms with Crippen molar-refractivity contribution in [3.63, 3.8) is 0 Å². The molecular formula is C91H104Cl6F3IN6O9. The van der Waals surface area contributed by atoms with Crippen LogP contribution >= 0.6 is 92.2 Å². The summed E-state index contributed by atoms with van der Waals surface area (Å²) in [7, 11) is 0. The molecule has 0 aromatic heterocycles. The molecule has 9 aliphatic rings. The molecule has 6 heterocycles. The Bertz CT molecular complexity index is 4820. The average molecular weight is 1820 g/mol. The van der Waals surface area contributed by atoms with Crippen LogP contribution in [-0.4, -0.2) is 98.4 Å². The molecule has 25 heteroatoms. The Morgan fingerprint density at radius 3 is 1.04 bits per heavy atom. The number of hydrogen-bond donors (Lipinski definition) is 8. The van der Waals surface area contributed by atoms with Crippen LogP contribution in [0.4, 0.5) is 30.2 Å². The molecule has 5 fully saturated rings. The van der Waals surface area contributed by atoms with E-state index in [0.717, 1.165) is 12.8 Å². The number of rotatable bonds is 15. The van der Waals surface area contributed by atoms with Gasteiger partial charge in [0.05, 0.1) is 45.1 Å². The van der Waals surface area contributed by atoms with Crippen LogP contribution in [0.25, 0.3) is 0 Å². The first-order chi connectivity index (χ1) is 54.7. The molecule has 116 heavy (non-hydrogen) atoms. The summed E-state index contributed by atoms with van der Waals surface area (Å²) in [5, 5.41) is 40.7. The number of benzene rings is 6. The fourth-order valence-corrected chi connectivity index (χ4v) is 21.5. The maximum Gasteiger partial charge on any atom is 0.237 e. The van der Waals surface area contributed by atoms with Crippen molar-refractivity contribution in [1.82, 2.24) is 16.0 Å². The standard InChI is InChI=1S/C30H35Cl2FN2O3.2C30H33Cl2FN2O3.CH3I/c3*1-29(2,3)15-24-30(20-12-9-17(31)14-22(20)34-28(30)38)25(19-5-4-6-21(32)26(19)33)27(35-24)23(37)13-16-7-10-18(36)11-8-16;1-2/h4-6,9,12,14,16,18,24-25,27,35-36H,7-8,10-11,13,15H2,1-3H3,(H,34,38);4-6,9,12,14,16,24-25,27,35H,7-8,10-11,13,15H2,1-3H3,(H,34,38);4-6,9-10,12,14,16,24-25,27,35-36H,7-8,11,13,15H2,1-3H3,(H,34,38);1H3. The van der Waals surface area contributed by atoms with Crippen LogP contribution in [0, 0.1) is 51.5 Å². The van der Waals surface area contributed by atoms with Gasteiger partial charge in [0.25, 0.3) is 0 Å². The minimum absolute atomic E-state index is 0.0400. The van der Waals surface area contributed by atoms with Gasteiger partial charge in [-0.2, -0.15) is 0 Å². The Kier molecular flexibility index (Phi) is 27.4. The number of halogens is 10. The van der Waals surface area contributed by atoms with Gasteiger partial charge in [0.15, 0.2) is 17.3 Å². The molecule has 2 saturated carbocycles. The first kappa shape index (κ1) is 89.3. The predicted molar refractivity (Wildman–Crippen MR) is 464 cm³/mol. The highest BCUT2D eigenvalue weighted by molar-refractivity contribution is 14.1. The Morgan fingerprint density at radius 2 is 0.741 bits per heavy atom. The quantitative estimate of drug-likeness (QED) is 0.0354. The SMILES string of the molecule is CC(C)(C)CC1NC(C(=O)CC2CC=C(O)CC2)C(c2cccc(Cl)c2F)C12C(=O)Nc1cc(Cl)ccc12.CC(C)(C)CC1NC(C(=O)CC2CCC(=O)CC2)C(c2cccc(Cl)c2F)C12C(=O)Nc1cc(Cl)ccc12.CC(C)(C)CC1NC(C(=O)CC2CCC(O)CC2)C(c2cccc(Cl)c2F)C12C(=O)Nc1cc(Cl)ccc12.CI. The summed E-state index contributed by atoms with van der Waals surface area (Å²) in [5.74, 6) is -4.39. The molecule has 3 aliphatic carbocycles. The smallest absolute Gasteiger partial charge is 0.237 e. The molecule has 0 radical (unpaired) electrons. The van der Waals surface area contributed by atoms with E-state index in [9.17, 15) is 43.8 Å². The van der Waals surface area contributed by atoms with E-state index in [2.05, 4.69) is 117 Å². The van der Waals surface area contributed by atoms with Gasteiger partial charge in [-0.1, -0.05) is 209 Å². The van der Waals surface area contributed by atoms with Crippen molar-refractivity contribution < 1.29 is 56.9 Å². The number of anilines is 3. The highest BCUT2D eigenvalue weighted by atomic mass is 127. The third-order valence-corrected chi connectivity index (χ3v) is 26.9. The molecule has 6 aromatic rings. The summed E-state index contributed by atoms with van der Waals surface area (Å²) in [4.78, 5) is 98.3. The number of amides is 3. The Labute approximate surface area is 722 Å². The van der Waals surface area contributed by atoms with E-state index in [1.807, 2.05) is 23.1 Å². The van der Waals surface area contributed by atoms with E-state index in [-0.39, 0.29) is 126 Å². The van der Waals surface area contributed by atoms with Gasteiger partial charge in [-0.15, -0.1) is 0 Å². The molecule has 6 aromatic carbocycles. The molecule has 3 saturated heterocycles. The van der Waals surface area contributed by atoms with Crippen LogP contribution in [0.15, 0.2) is 121 Å². The van der Waals surface area contributed by atoms with Crippen molar-refractivity contribution >= 4 is 150 Å². The van der Waals surface area contributed by atoms with Crippen molar-refractivity contribution in [3.8, 4) is 0 Å². The molecule has 6 aliphatic heterocycles. The highest BCUT2D eigenvalue weighted by Crippen LogP contribution is 2.62. The van der Waals surface area contributed by atoms with Crippen molar-refractivity contribution in [2.24, 2.45) is 34.0 Å². The zero-order valence-corrected chi connectivity index (χ0v) is 73.7. The van der Waals surface area contributed by atoms with E-state index in [1.165, 1.54) is 18.2 Å². The van der Waals surface area contributed by atoms with Gasteiger partial charge < -0.3 is 42.1 Å². The van der Waals surface area contributed by atoms with Crippen LogP contribution in [-0.2, 0) is 49.8 Å². The Hall–Kier alpha value is -5.95. The van der Waals surface area contributed by atoms with E-state index in [0.29, 0.717) is 138 Å². The number of nitrogens with one attached hydrogen (secondary N) is 6. The predicted octanol–water partition coefficient (Wildman–Crippen LogP) is 21.1. The zero-order valence-electron chi connectivity index (χ0n) is 67.0. The number of carbonyl (C=O) groups is 7. The van der Waals surface area contributed by atoms with Gasteiger partial charge in [-0.3, -0.25) is 33.6 Å². The molecule has 3 amide bonds. The summed E-state index contributed by atoms with van der Waals surface area (Å²) >= 11 is 39.8. The number of Topliss-reactive ketones (excluding diaryl/α,β-unsaturated/α-hetero) is 4. The fraction of sp³-hybridized carbons (Fsp3) is 0.505. The van der Waals surface area contributed by atoms with Crippen molar-refractivity contribution in [3.05, 3.63) is 202 Å². The van der Waals surface area contributed by atoms with E-state index in [4.69, 9.17) is 69.6 Å². The summed E-state index contributed by atoms with van der Waals surface area (Å²) in [6, 6.07) is 26.4. The second-order valence-electron chi connectivity index (χ2n) is 36.8. The minimum Gasteiger partial charge on any atom is -0.513 e. The molecule has 622 valence electrons. The second kappa shape index (κ2) is 35.6. The lowest BCUT2D eigenvalue weighted by molar-refractivity contribution is -0.125. The lowest BCUT2D eigenvalue weighted by atomic mass is 9.62. The van der Waals surface area contributed by atoms with Crippen LogP contribution in [0.3, 0.4) is 0 Å². The van der Waals surface area contributed by atoms with Gasteiger partial charge in [-0.25, -0.2) is 13.2 Å². The molecule has 13 atom stereocenters. The van der Waals surface area contributed by atoms with Gasteiger partial charge in [0.2, 0.25) is 17.7 Å². The monoisotopic (exact) mass is 1820 g/mol. The molecule has 3 spiro atoms. The summed E-state index contributed by atoms with van der Waals surface area (Å²) in [6.07, 6.45) is 11.1. The first-order valence-electron chi connectivity index (χ1n) is 40.2. The summed E-state index contributed by atoms with van der Waals surface area (Å²) < 4.78 is 47.4. The first-order valence-corrected chi connectivity index (χ1v) is 44.7. The third-order valence-electron chi connectivity index (χ3n) is 25.3. The van der Waals surface area contributed by atoms with Gasteiger partial charge >= 0.3 is 0 Å². The maximum atomic E-state index is 15.8. The van der Waals surface area contributed by atoms with Crippen molar-refractivity contribution in [2.75, 3.05) is 20.9 Å². The van der Waals surface area contributed by atoms with Crippen molar-refractivity contribution in [2.45, 2.75) is 248 Å². The topological polar surface area (TPSA) is 232 Å². The number of aliphatic hydroxyl groups is 2. The number of ketones is 4. The van der Waals surface area contributed by atoms with Crippen LogP contribution in [0.1, 0.15) is 223 Å². The molecule has 15 rings (SSSR count). The normalized spacial score (nSPS) is 28.6. The number of allylic oxidation sites excluding steroid dienone is 2. The maximum absolute atomic E-state index is 15.8. The van der Waals surface area contributed by atoms with Gasteiger partial charge in [-0.05, 0) is 204 Å². The number of carbonyl (C=O) groups excluding carboxylic acids is 7. The van der Waals surface area contributed by atoms with Crippen molar-refractivity contribution in [1.29, 1.82) is 0 Å². The highest BCUT2D eigenvalue weighted by Gasteiger charge is 2.69. The largest absolute Gasteiger partial charge is 0.513 e. The number of aliphatic hydroxyl groups excluding tert-OH is 2. The van der Waals surface area contributed by atoms with Crippen LogP contribution < -0.4 is 31.9 Å². The molecule has 15 nitrogen and oxygen atoms in total. The van der Waals surface area contributed by atoms with Crippen LogP contribution in [0.2, 0.25) is 30.1 Å². The lowest BCUT2D eigenvalue weighted by Gasteiger charge is -2.38.